The van der Waals surface area contributed by atoms with Crippen LogP contribution in [0.1, 0.15) is 39.0 Å². The van der Waals surface area contributed by atoms with Gasteiger partial charge < -0.3 is 10.2 Å². The predicted octanol–water partition coefficient (Wildman–Crippen LogP) is 2.60. The Morgan fingerprint density at radius 2 is 1.61 bits per heavy atom. The molecule has 2 atom stereocenters. The SMILES string of the molecule is CN1C(=O)c2ccccc2[C@@H](C(=O)NCCc2ccc(S(N)(=O)=O)cc2)[C@H]1c1ccccc1. The lowest BCUT2D eigenvalue weighted by Gasteiger charge is -2.39. The predicted molar refractivity (Wildman–Crippen MR) is 125 cm³/mol. The van der Waals surface area contributed by atoms with E-state index < -0.39 is 22.0 Å². The fraction of sp³-hybridized carbons (Fsp3) is 0.200. The number of carbonyl (C=O) groups is 2. The van der Waals surface area contributed by atoms with Crippen molar-refractivity contribution in [3.05, 3.63) is 101 Å². The van der Waals surface area contributed by atoms with Gasteiger partial charge in [0.25, 0.3) is 5.91 Å². The lowest BCUT2D eigenvalue weighted by molar-refractivity contribution is -0.124. The summed E-state index contributed by atoms with van der Waals surface area (Å²) >= 11 is 0. The minimum atomic E-state index is -3.74. The molecule has 170 valence electrons. The highest BCUT2D eigenvalue weighted by molar-refractivity contribution is 7.89. The summed E-state index contributed by atoms with van der Waals surface area (Å²) in [5, 5.41) is 8.14. The molecule has 0 bridgehead atoms. The number of benzene rings is 3. The van der Waals surface area contributed by atoms with Crippen molar-refractivity contribution in [1.82, 2.24) is 10.2 Å². The van der Waals surface area contributed by atoms with Gasteiger partial charge in [0.15, 0.2) is 0 Å². The highest BCUT2D eigenvalue weighted by atomic mass is 32.2. The summed E-state index contributed by atoms with van der Waals surface area (Å²) < 4.78 is 22.8. The second kappa shape index (κ2) is 9.17. The Bertz CT molecular complexity index is 1270. The molecular weight excluding hydrogens is 438 g/mol. The molecule has 3 aromatic carbocycles. The van der Waals surface area contributed by atoms with Crippen LogP contribution in [-0.4, -0.2) is 38.7 Å². The van der Waals surface area contributed by atoms with Gasteiger partial charge in [-0.1, -0.05) is 60.7 Å². The van der Waals surface area contributed by atoms with Crippen molar-refractivity contribution in [2.75, 3.05) is 13.6 Å². The molecule has 0 aliphatic carbocycles. The highest BCUT2D eigenvalue weighted by Crippen LogP contribution is 2.41. The van der Waals surface area contributed by atoms with E-state index in [1.54, 1.807) is 36.2 Å². The van der Waals surface area contributed by atoms with Crippen LogP contribution in [0.3, 0.4) is 0 Å². The van der Waals surface area contributed by atoms with Crippen LogP contribution < -0.4 is 10.5 Å². The molecule has 0 saturated carbocycles. The molecule has 1 aliphatic heterocycles. The summed E-state index contributed by atoms with van der Waals surface area (Å²) in [6.45, 7) is 0.366. The Morgan fingerprint density at radius 3 is 2.27 bits per heavy atom. The summed E-state index contributed by atoms with van der Waals surface area (Å²) in [6.07, 6.45) is 0.524. The van der Waals surface area contributed by atoms with E-state index in [-0.39, 0.29) is 16.7 Å². The lowest BCUT2D eigenvalue weighted by Crippen LogP contribution is -2.45. The van der Waals surface area contributed by atoms with Crippen LogP contribution in [0.2, 0.25) is 0 Å². The number of nitrogens with two attached hydrogens (primary N) is 1. The Balaban J connectivity index is 1.56. The molecule has 8 heteroatoms. The molecule has 7 nitrogen and oxygen atoms in total. The minimum absolute atomic E-state index is 0.0486. The first-order valence-electron chi connectivity index (χ1n) is 10.6. The van der Waals surface area contributed by atoms with Crippen molar-refractivity contribution in [2.24, 2.45) is 5.14 Å². The van der Waals surface area contributed by atoms with Gasteiger partial charge in [0.2, 0.25) is 15.9 Å². The van der Waals surface area contributed by atoms with Gasteiger partial charge >= 0.3 is 0 Å². The maximum absolute atomic E-state index is 13.4. The van der Waals surface area contributed by atoms with Gasteiger partial charge in [0.1, 0.15) is 0 Å². The smallest absolute Gasteiger partial charge is 0.254 e. The van der Waals surface area contributed by atoms with Crippen molar-refractivity contribution in [3.8, 4) is 0 Å². The molecule has 1 aliphatic rings. The van der Waals surface area contributed by atoms with Crippen LogP contribution in [0, 0.1) is 0 Å². The van der Waals surface area contributed by atoms with Crippen molar-refractivity contribution in [2.45, 2.75) is 23.3 Å². The van der Waals surface area contributed by atoms with Crippen LogP contribution in [-0.2, 0) is 21.2 Å². The van der Waals surface area contributed by atoms with Gasteiger partial charge in [-0.3, -0.25) is 9.59 Å². The molecule has 4 rings (SSSR count). The summed E-state index contributed by atoms with van der Waals surface area (Å²) in [5.41, 5.74) is 3.01. The van der Waals surface area contributed by atoms with Gasteiger partial charge in [-0.25, -0.2) is 13.6 Å². The van der Waals surface area contributed by atoms with Crippen molar-refractivity contribution in [1.29, 1.82) is 0 Å². The average molecular weight is 464 g/mol. The van der Waals surface area contributed by atoms with E-state index >= 15 is 0 Å². The molecule has 0 saturated heterocycles. The first kappa shape index (κ1) is 22.7. The fourth-order valence-corrected chi connectivity index (χ4v) is 4.83. The van der Waals surface area contributed by atoms with E-state index in [0.29, 0.717) is 24.1 Å². The normalized spacial score (nSPS) is 18.0. The molecule has 1 heterocycles. The molecule has 0 fully saturated rings. The summed E-state index contributed by atoms with van der Waals surface area (Å²) in [5.74, 6) is -0.841. The van der Waals surface area contributed by atoms with Gasteiger partial charge in [-0.05, 0) is 41.3 Å². The first-order chi connectivity index (χ1) is 15.8. The quantitative estimate of drug-likeness (QED) is 0.586. The minimum Gasteiger partial charge on any atom is -0.355 e. The summed E-state index contributed by atoms with van der Waals surface area (Å²) in [4.78, 5) is 28.1. The highest BCUT2D eigenvalue weighted by Gasteiger charge is 2.42. The van der Waals surface area contributed by atoms with E-state index in [1.807, 2.05) is 42.5 Å². The lowest BCUT2D eigenvalue weighted by atomic mass is 9.79. The Hall–Kier alpha value is -3.49. The number of nitrogens with one attached hydrogen (secondary N) is 1. The third-order valence-electron chi connectivity index (χ3n) is 5.97. The molecular formula is C25H25N3O4S. The van der Waals surface area contributed by atoms with Crippen molar-refractivity contribution < 1.29 is 18.0 Å². The number of primary sulfonamides is 1. The second-order valence-electron chi connectivity index (χ2n) is 8.07. The number of hydrogen-bond acceptors (Lipinski definition) is 4. The molecule has 33 heavy (non-hydrogen) atoms. The fourth-order valence-electron chi connectivity index (χ4n) is 4.31. The number of nitrogens with zero attached hydrogens (tertiary/aromatic N) is 1. The Kier molecular flexibility index (Phi) is 6.31. The molecule has 0 spiro atoms. The maximum atomic E-state index is 13.4. The van der Waals surface area contributed by atoms with E-state index in [0.717, 1.165) is 11.1 Å². The van der Waals surface area contributed by atoms with Crippen molar-refractivity contribution in [3.63, 3.8) is 0 Å². The van der Waals surface area contributed by atoms with Crippen LogP contribution in [0.5, 0.6) is 0 Å². The van der Waals surface area contributed by atoms with Crippen LogP contribution in [0.25, 0.3) is 0 Å². The zero-order chi connectivity index (χ0) is 23.6. The molecule has 3 aromatic rings. The molecule has 3 N–H and O–H groups in total. The first-order valence-corrected chi connectivity index (χ1v) is 12.1. The molecule has 0 radical (unpaired) electrons. The van der Waals surface area contributed by atoms with E-state index in [1.165, 1.54) is 12.1 Å². The Morgan fingerprint density at radius 1 is 0.970 bits per heavy atom. The van der Waals surface area contributed by atoms with Gasteiger partial charge in [0, 0.05) is 19.2 Å². The van der Waals surface area contributed by atoms with Gasteiger partial charge in [-0.15, -0.1) is 0 Å². The van der Waals surface area contributed by atoms with Crippen LogP contribution in [0.4, 0.5) is 0 Å². The Labute approximate surface area is 193 Å². The zero-order valence-corrected chi connectivity index (χ0v) is 19.0. The molecule has 0 aromatic heterocycles. The zero-order valence-electron chi connectivity index (χ0n) is 18.1. The van der Waals surface area contributed by atoms with E-state index in [2.05, 4.69) is 5.32 Å². The third-order valence-corrected chi connectivity index (χ3v) is 6.90. The van der Waals surface area contributed by atoms with Crippen LogP contribution in [0.15, 0.2) is 83.8 Å². The standard InChI is InChI=1S/C25H25N3O4S/c1-28-23(18-7-3-2-4-8-18)22(20-9-5-6-10-21(20)25(28)30)24(29)27-16-15-17-11-13-19(14-12-17)33(26,31)32/h2-14,22-23H,15-16H2,1H3,(H,27,29)(H2,26,31,32)/t22-,23-/m1/s1. The number of hydrogen-bond donors (Lipinski definition) is 2. The topological polar surface area (TPSA) is 110 Å². The monoisotopic (exact) mass is 463 g/mol. The van der Waals surface area contributed by atoms with Gasteiger partial charge in [0.05, 0.1) is 16.9 Å². The van der Waals surface area contributed by atoms with E-state index in [9.17, 15) is 18.0 Å². The largest absolute Gasteiger partial charge is 0.355 e. The average Bonchev–Trinajstić information content (AvgIpc) is 2.81. The summed E-state index contributed by atoms with van der Waals surface area (Å²) in [6, 6.07) is 22.6. The number of sulfonamides is 1. The summed E-state index contributed by atoms with van der Waals surface area (Å²) in [7, 11) is -2.02. The third kappa shape index (κ3) is 4.67. The molecule has 2 amide bonds. The number of amides is 2. The van der Waals surface area contributed by atoms with Gasteiger partial charge in [-0.2, -0.15) is 0 Å². The number of carbonyl (C=O) groups excluding carboxylic acids is 2. The number of fused-ring (bicyclic) bond motifs is 1. The molecule has 0 unspecified atom stereocenters. The number of rotatable bonds is 6. The second-order valence-corrected chi connectivity index (χ2v) is 9.63. The number of likely N-dealkylation sites (N-methyl/N-ethyl adjacent to an activating group) is 1. The van der Waals surface area contributed by atoms with Crippen LogP contribution >= 0.6 is 0 Å². The maximum Gasteiger partial charge on any atom is 0.254 e. The van der Waals surface area contributed by atoms with Crippen molar-refractivity contribution >= 4 is 21.8 Å². The van der Waals surface area contributed by atoms with E-state index in [4.69, 9.17) is 5.14 Å².